The standard InChI is InChI=1S/C26H23F6N7O3/c1-11(14-4-13(27)5-17(28)22(14)40)38-8-18(29)19(9-38)37-24(41)15-3-12(7-34-25(15)42-2)20-6-16(26(30,31)32)21-23(33)35-10-36-39(20)21/h3-7,10-11,18-19,40H,8-9H2,1-2H3,(H,37,41)(H2,33,35,36)/t11?,18-,19+/m0/s1. The van der Waals surface area contributed by atoms with Gasteiger partial charge in [-0.25, -0.2) is 27.7 Å². The van der Waals surface area contributed by atoms with Gasteiger partial charge in [-0.1, -0.05) is 0 Å². The second kappa shape index (κ2) is 10.7. The van der Waals surface area contributed by atoms with Crippen molar-refractivity contribution >= 4 is 17.2 Å². The molecule has 3 aromatic heterocycles. The van der Waals surface area contributed by atoms with E-state index in [9.17, 15) is 31.9 Å². The molecule has 0 saturated carbocycles. The molecule has 1 aliphatic heterocycles. The molecular weight excluding hydrogens is 572 g/mol. The number of hydrogen-bond donors (Lipinski definition) is 3. The zero-order valence-electron chi connectivity index (χ0n) is 22.0. The number of benzene rings is 1. The van der Waals surface area contributed by atoms with Crippen LogP contribution < -0.4 is 15.8 Å². The van der Waals surface area contributed by atoms with Gasteiger partial charge in [0.2, 0.25) is 5.88 Å². The number of likely N-dealkylation sites (tertiary alicyclic amines) is 1. The van der Waals surface area contributed by atoms with E-state index in [-0.39, 0.29) is 41.4 Å². The maximum Gasteiger partial charge on any atom is 0.418 e. The van der Waals surface area contributed by atoms with Gasteiger partial charge in [-0.05, 0) is 25.1 Å². The summed E-state index contributed by atoms with van der Waals surface area (Å²) in [6.45, 7) is 1.21. The molecule has 222 valence electrons. The van der Waals surface area contributed by atoms with Crippen LogP contribution in [0.2, 0.25) is 0 Å². The number of hydrogen-bond acceptors (Lipinski definition) is 8. The Morgan fingerprint density at radius 2 is 1.93 bits per heavy atom. The van der Waals surface area contributed by atoms with E-state index in [1.54, 1.807) is 0 Å². The third-order valence-electron chi connectivity index (χ3n) is 7.12. The van der Waals surface area contributed by atoms with Crippen LogP contribution in [0.5, 0.6) is 11.6 Å². The second-order valence-corrected chi connectivity index (χ2v) is 9.68. The number of rotatable bonds is 6. The molecule has 3 atom stereocenters. The number of carbonyl (C=O) groups is 1. The lowest BCUT2D eigenvalue weighted by atomic mass is 10.1. The van der Waals surface area contributed by atoms with Gasteiger partial charge in [0.1, 0.15) is 29.4 Å². The number of ether oxygens (including phenoxy) is 1. The fraction of sp³-hybridized carbons (Fsp3) is 0.308. The third-order valence-corrected chi connectivity index (χ3v) is 7.12. The summed E-state index contributed by atoms with van der Waals surface area (Å²) in [5.74, 6) is -4.27. The Morgan fingerprint density at radius 1 is 1.19 bits per heavy atom. The molecule has 1 saturated heterocycles. The molecular formula is C26H23F6N7O3. The number of aromatic nitrogens is 4. The number of nitrogens with two attached hydrogens (primary N) is 1. The number of alkyl halides is 4. The Labute approximate surface area is 233 Å². The van der Waals surface area contributed by atoms with Crippen LogP contribution in [0.1, 0.15) is 34.5 Å². The van der Waals surface area contributed by atoms with Crippen molar-refractivity contribution in [3.05, 3.63) is 65.1 Å². The van der Waals surface area contributed by atoms with E-state index in [2.05, 4.69) is 20.4 Å². The fourth-order valence-corrected chi connectivity index (χ4v) is 5.00. The first-order valence-electron chi connectivity index (χ1n) is 12.4. The van der Waals surface area contributed by atoms with Gasteiger partial charge < -0.3 is 20.9 Å². The van der Waals surface area contributed by atoms with E-state index in [0.29, 0.717) is 6.07 Å². The van der Waals surface area contributed by atoms with Crippen LogP contribution in [-0.2, 0) is 6.18 Å². The van der Waals surface area contributed by atoms with E-state index in [0.717, 1.165) is 23.0 Å². The first-order valence-corrected chi connectivity index (χ1v) is 12.4. The Bertz CT molecular complexity index is 1680. The number of nitrogens with zero attached hydrogens (tertiary/aromatic N) is 5. The van der Waals surface area contributed by atoms with E-state index in [1.165, 1.54) is 31.2 Å². The Kier molecular flexibility index (Phi) is 7.34. The van der Waals surface area contributed by atoms with Gasteiger partial charge >= 0.3 is 6.18 Å². The average Bonchev–Trinajstić information content (AvgIpc) is 3.51. The topological polar surface area (TPSA) is 131 Å². The monoisotopic (exact) mass is 595 g/mol. The van der Waals surface area contributed by atoms with Gasteiger partial charge in [-0.2, -0.15) is 18.3 Å². The molecule has 42 heavy (non-hydrogen) atoms. The summed E-state index contributed by atoms with van der Waals surface area (Å²) in [5, 5.41) is 16.5. The minimum atomic E-state index is -4.79. The van der Waals surface area contributed by atoms with Gasteiger partial charge in [-0.15, -0.1) is 0 Å². The first-order chi connectivity index (χ1) is 19.8. The molecule has 1 amide bonds. The molecule has 5 rings (SSSR count). The van der Waals surface area contributed by atoms with E-state index >= 15 is 4.39 Å². The van der Waals surface area contributed by atoms with Crippen molar-refractivity contribution in [1.82, 2.24) is 29.8 Å². The molecule has 1 aliphatic rings. The highest BCUT2D eigenvalue weighted by molar-refractivity contribution is 5.98. The van der Waals surface area contributed by atoms with E-state index in [4.69, 9.17) is 10.5 Å². The molecule has 1 fully saturated rings. The lowest BCUT2D eigenvalue weighted by molar-refractivity contribution is -0.136. The predicted octanol–water partition coefficient (Wildman–Crippen LogP) is 3.90. The summed E-state index contributed by atoms with van der Waals surface area (Å²) in [4.78, 5) is 22.5. The fourth-order valence-electron chi connectivity index (χ4n) is 5.00. The number of pyridine rings is 1. The summed E-state index contributed by atoms with van der Waals surface area (Å²) in [7, 11) is 1.22. The number of carbonyl (C=O) groups excluding carboxylic acids is 1. The predicted molar refractivity (Wildman–Crippen MR) is 136 cm³/mol. The number of amides is 1. The lowest BCUT2D eigenvalue weighted by Gasteiger charge is -2.25. The number of phenols is 1. The second-order valence-electron chi connectivity index (χ2n) is 9.68. The molecule has 1 unspecified atom stereocenters. The Balaban J connectivity index is 1.43. The number of aromatic hydroxyl groups is 1. The molecule has 0 bridgehead atoms. The van der Waals surface area contributed by atoms with Crippen molar-refractivity contribution in [2.24, 2.45) is 0 Å². The van der Waals surface area contributed by atoms with Gasteiger partial charge in [0.15, 0.2) is 17.4 Å². The number of nitrogens with one attached hydrogen (secondary N) is 1. The number of anilines is 1. The molecule has 0 radical (unpaired) electrons. The smallest absolute Gasteiger partial charge is 0.418 e. The zero-order valence-corrected chi connectivity index (χ0v) is 22.0. The minimum absolute atomic E-state index is 0.0478. The zero-order chi connectivity index (χ0) is 30.5. The van der Waals surface area contributed by atoms with Crippen molar-refractivity contribution in [2.75, 3.05) is 25.9 Å². The summed E-state index contributed by atoms with van der Waals surface area (Å²) in [6, 6.07) is 1.58. The number of halogens is 6. The Hall–Kier alpha value is -4.60. The van der Waals surface area contributed by atoms with Gasteiger partial charge in [0, 0.05) is 42.5 Å². The van der Waals surface area contributed by atoms with Crippen LogP contribution in [0.15, 0.2) is 36.8 Å². The minimum Gasteiger partial charge on any atom is -0.505 e. The summed E-state index contributed by atoms with van der Waals surface area (Å²) in [6.07, 6.45) is -4.25. The molecule has 4 N–H and O–H groups in total. The van der Waals surface area contributed by atoms with Gasteiger partial charge in [-0.3, -0.25) is 9.69 Å². The molecule has 4 heterocycles. The molecule has 0 spiro atoms. The van der Waals surface area contributed by atoms with Crippen LogP contribution in [-0.4, -0.2) is 67.9 Å². The van der Waals surface area contributed by atoms with Gasteiger partial charge in [0.25, 0.3) is 5.91 Å². The summed E-state index contributed by atoms with van der Waals surface area (Å²) >= 11 is 0. The number of fused-ring (bicyclic) bond motifs is 1. The van der Waals surface area contributed by atoms with Crippen LogP contribution in [0, 0.1) is 11.6 Å². The first kappa shape index (κ1) is 28.9. The molecule has 4 aromatic rings. The average molecular weight is 596 g/mol. The maximum atomic E-state index is 15.1. The van der Waals surface area contributed by atoms with Crippen LogP contribution >= 0.6 is 0 Å². The SMILES string of the molecule is COc1ncc(-c2cc(C(F)(F)F)c3c(N)ncnn23)cc1C(=O)N[C@@H]1CN(C(C)c2cc(F)cc(F)c2O)C[C@@H]1F. The van der Waals surface area contributed by atoms with Crippen LogP contribution in [0.3, 0.4) is 0 Å². The maximum absolute atomic E-state index is 15.1. The van der Waals surface area contributed by atoms with Crippen molar-refractivity contribution in [3.8, 4) is 22.9 Å². The molecule has 0 aliphatic carbocycles. The van der Waals surface area contributed by atoms with Crippen molar-refractivity contribution in [1.29, 1.82) is 0 Å². The third kappa shape index (κ3) is 5.13. The summed E-state index contributed by atoms with van der Waals surface area (Å²) in [5.41, 5.74) is 3.79. The normalized spacial score (nSPS) is 18.4. The Morgan fingerprint density at radius 3 is 2.62 bits per heavy atom. The number of nitrogen functional groups attached to an aromatic ring is 1. The largest absolute Gasteiger partial charge is 0.505 e. The highest BCUT2D eigenvalue weighted by atomic mass is 19.4. The molecule has 10 nitrogen and oxygen atoms in total. The highest BCUT2D eigenvalue weighted by Gasteiger charge is 2.39. The van der Waals surface area contributed by atoms with Crippen molar-refractivity contribution < 1.29 is 41.0 Å². The summed E-state index contributed by atoms with van der Waals surface area (Å²) < 4.78 is 90.1. The lowest BCUT2D eigenvalue weighted by Crippen LogP contribution is -2.41. The van der Waals surface area contributed by atoms with E-state index in [1.807, 2.05) is 0 Å². The quantitative estimate of drug-likeness (QED) is 0.286. The van der Waals surface area contributed by atoms with Crippen LogP contribution in [0.25, 0.3) is 16.8 Å². The highest BCUT2D eigenvalue weighted by Crippen LogP contribution is 2.39. The van der Waals surface area contributed by atoms with Gasteiger partial charge in [0.05, 0.1) is 24.4 Å². The van der Waals surface area contributed by atoms with Crippen molar-refractivity contribution in [3.63, 3.8) is 0 Å². The van der Waals surface area contributed by atoms with E-state index < -0.39 is 64.6 Å². The number of phenolic OH excluding ortho intramolecular Hbond substituents is 1. The molecule has 1 aromatic carbocycles. The number of methoxy groups -OCH3 is 1. The van der Waals surface area contributed by atoms with Crippen molar-refractivity contribution in [2.45, 2.75) is 31.4 Å². The van der Waals surface area contributed by atoms with Crippen LogP contribution in [0.4, 0.5) is 32.2 Å². The molecule has 16 heteroatoms.